The number of aryl methyl sites for hydroxylation is 1. The molecule has 0 saturated heterocycles. The number of aliphatic hydroxyl groups is 1. The maximum Gasteiger partial charge on any atom is 0.250 e. The molecule has 106 valence electrons. The van der Waals surface area contributed by atoms with Crippen LogP contribution in [-0.2, 0) is 16.0 Å². The second-order valence-corrected chi connectivity index (χ2v) is 5.48. The highest BCUT2D eigenvalue weighted by molar-refractivity contribution is 5.91. The Labute approximate surface area is 114 Å². The van der Waals surface area contributed by atoms with Crippen LogP contribution in [0.15, 0.2) is 24.3 Å². The standard InChI is InChI=1S/C15H23NO3/c1-15(2,3)19-11-14(18)16-13-8-4-6-12(10-13)7-5-9-17/h4,6,8,10,17H,5,7,9,11H2,1-3H3,(H,16,18). The fourth-order valence-corrected chi connectivity index (χ4v) is 1.57. The Kier molecular flexibility index (Phi) is 5.99. The van der Waals surface area contributed by atoms with Gasteiger partial charge in [-0.05, 0) is 51.3 Å². The number of hydrogen-bond donors (Lipinski definition) is 2. The molecule has 1 aromatic carbocycles. The molecule has 0 aromatic heterocycles. The molecule has 0 heterocycles. The minimum atomic E-state index is -0.319. The summed E-state index contributed by atoms with van der Waals surface area (Å²) in [7, 11) is 0. The molecule has 1 rings (SSSR count). The fraction of sp³-hybridized carbons (Fsp3) is 0.533. The van der Waals surface area contributed by atoms with E-state index in [1.54, 1.807) is 0 Å². The predicted octanol–water partition coefficient (Wildman–Crippen LogP) is 2.37. The van der Waals surface area contributed by atoms with Gasteiger partial charge < -0.3 is 15.2 Å². The molecule has 0 unspecified atom stereocenters. The Morgan fingerprint density at radius 1 is 1.37 bits per heavy atom. The Hall–Kier alpha value is -1.39. The van der Waals surface area contributed by atoms with Crippen molar-refractivity contribution in [3.05, 3.63) is 29.8 Å². The molecule has 4 heteroatoms. The number of hydrogen-bond acceptors (Lipinski definition) is 3. The van der Waals surface area contributed by atoms with Crippen molar-refractivity contribution in [2.45, 2.75) is 39.2 Å². The van der Waals surface area contributed by atoms with Crippen LogP contribution in [0.3, 0.4) is 0 Å². The Morgan fingerprint density at radius 2 is 2.11 bits per heavy atom. The van der Waals surface area contributed by atoms with E-state index in [1.165, 1.54) is 0 Å². The number of anilines is 1. The molecule has 0 spiro atoms. The van der Waals surface area contributed by atoms with Gasteiger partial charge in [-0.1, -0.05) is 12.1 Å². The van der Waals surface area contributed by atoms with E-state index in [-0.39, 0.29) is 24.7 Å². The van der Waals surface area contributed by atoms with Gasteiger partial charge in [-0.25, -0.2) is 0 Å². The van der Waals surface area contributed by atoms with E-state index < -0.39 is 0 Å². The highest BCUT2D eigenvalue weighted by Gasteiger charge is 2.12. The van der Waals surface area contributed by atoms with Crippen LogP contribution < -0.4 is 5.32 Å². The molecule has 1 aromatic rings. The van der Waals surface area contributed by atoms with E-state index >= 15 is 0 Å². The molecule has 0 radical (unpaired) electrons. The molecule has 0 bridgehead atoms. The molecule has 4 nitrogen and oxygen atoms in total. The monoisotopic (exact) mass is 265 g/mol. The van der Waals surface area contributed by atoms with Crippen LogP contribution >= 0.6 is 0 Å². The van der Waals surface area contributed by atoms with Crippen molar-refractivity contribution in [2.75, 3.05) is 18.5 Å². The quantitative estimate of drug-likeness (QED) is 0.830. The normalized spacial score (nSPS) is 11.4. The third kappa shape index (κ3) is 6.94. The van der Waals surface area contributed by atoms with E-state index in [0.717, 1.165) is 24.1 Å². The number of ether oxygens (including phenoxy) is 1. The van der Waals surface area contributed by atoms with Gasteiger partial charge >= 0.3 is 0 Å². The van der Waals surface area contributed by atoms with Crippen LogP contribution in [0.25, 0.3) is 0 Å². The molecular weight excluding hydrogens is 242 g/mol. The zero-order valence-corrected chi connectivity index (χ0v) is 11.9. The van der Waals surface area contributed by atoms with Crippen LogP contribution in [0, 0.1) is 0 Å². The van der Waals surface area contributed by atoms with Gasteiger partial charge in [-0.15, -0.1) is 0 Å². The van der Waals surface area contributed by atoms with Gasteiger partial charge in [0.25, 0.3) is 0 Å². The van der Waals surface area contributed by atoms with Crippen molar-refractivity contribution >= 4 is 11.6 Å². The first-order chi connectivity index (χ1) is 8.90. The summed E-state index contributed by atoms with van der Waals surface area (Å²) in [6, 6.07) is 7.64. The first-order valence-electron chi connectivity index (χ1n) is 6.54. The summed E-state index contributed by atoms with van der Waals surface area (Å²) in [5.41, 5.74) is 1.54. The Morgan fingerprint density at radius 3 is 2.74 bits per heavy atom. The van der Waals surface area contributed by atoms with Crippen molar-refractivity contribution < 1.29 is 14.6 Å². The van der Waals surface area contributed by atoms with Crippen LogP contribution in [-0.4, -0.2) is 29.8 Å². The molecule has 0 aliphatic heterocycles. The first-order valence-corrected chi connectivity index (χ1v) is 6.54. The van der Waals surface area contributed by atoms with E-state index in [2.05, 4.69) is 5.32 Å². The summed E-state index contributed by atoms with van der Waals surface area (Å²) in [6.07, 6.45) is 1.53. The number of nitrogens with one attached hydrogen (secondary N) is 1. The second kappa shape index (κ2) is 7.26. The van der Waals surface area contributed by atoms with Crippen molar-refractivity contribution in [2.24, 2.45) is 0 Å². The zero-order valence-electron chi connectivity index (χ0n) is 11.9. The maximum absolute atomic E-state index is 11.7. The van der Waals surface area contributed by atoms with E-state index in [4.69, 9.17) is 9.84 Å². The second-order valence-electron chi connectivity index (χ2n) is 5.48. The summed E-state index contributed by atoms with van der Waals surface area (Å²) in [6.45, 7) is 5.96. The Balaban J connectivity index is 2.49. The van der Waals surface area contributed by atoms with Crippen LogP contribution in [0.4, 0.5) is 5.69 Å². The SMILES string of the molecule is CC(C)(C)OCC(=O)Nc1cccc(CCCO)c1. The van der Waals surface area contributed by atoms with E-state index in [1.807, 2.05) is 45.0 Å². The number of aliphatic hydroxyl groups excluding tert-OH is 1. The molecule has 19 heavy (non-hydrogen) atoms. The van der Waals surface area contributed by atoms with Gasteiger partial charge in [0.2, 0.25) is 5.91 Å². The van der Waals surface area contributed by atoms with E-state index in [9.17, 15) is 4.79 Å². The molecule has 1 amide bonds. The lowest BCUT2D eigenvalue weighted by atomic mass is 10.1. The predicted molar refractivity (Wildman–Crippen MR) is 76.2 cm³/mol. The van der Waals surface area contributed by atoms with Gasteiger partial charge in [0.15, 0.2) is 0 Å². The molecule has 0 atom stereocenters. The van der Waals surface area contributed by atoms with Crippen molar-refractivity contribution in [1.82, 2.24) is 0 Å². The average molecular weight is 265 g/mol. The third-order valence-electron chi connectivity index (χ3n) is 2.47. The smallest absolute Gasteiger partial charge is 0.250 e. The summed E-state index contributed by atoms with van der Waals surface area (Å²) >= 11 is 0. The minimum absolute atomic E-state index is 0.0460. The highest BCUT2D eigenvalue weighted by atomic mass is 16.5. The van der Waals surface area contributed by atoms with Gasteiger partial charge in [0.05, 0.1) is 5.60 Å². The van der Waals surface area contributed by atoms with E-state index in [0.29, 0.717) is 0 Å². The number of benzene rings is 1. The molecule has 0 saturated carbocycles. The summed E-state index contributed by atoms with van der Waals surface area (Å²) < 4.78 is 5.41. The number of carbonyl (C=O) groups excluding carboxylic acids is 1. The largest absolute Gasteiger partial charge is 0.396 e. The highest BCUT2D eigenvalue weighted by Crippen LogP contribution is 2.13. The third-order valence-corrected chi connectivity index (χ3v) is 2.47. The average Bonchev–Trinajstić information content (AvgIpc) is 2.33. The molecule has 0 aliphatic carbocycles. The lowest BCUT2D eigenvalue weighted by Gasteiger charge is -2.19. The van der Waals surface area contributed by atoms with Crippen molar-refractivity contribution in [3.8, 4) is 0 Å². The number of rotatable bonds is 6. The van der Waals surface area contributed by atoms with Gasteiger partial charge in [0.1, 0.15) is 6.61 Å². The van der Waals surface area contributed by atoms with Gasteiger partial charge in [0, 0.05) is 12.3 Å². The van der Waals surface area contributed by atoms with Crippen LogP contribution in [0.5, 0.6) is 0 Å². The first kappa shape index (κ1) is 15.7. The number of amides is 1. The van der Waals surface area contributed by atoms with Crippen LogP contribution in [0.1, 0.15) is 32.8 Å². The summed E-state index contributed by atoms with van der Waals surface area (Å²) in [5.74, 6) is -0.158. The molecular formula is C15H23NO3. The minimum Gasteiger partial charge on any atom is -0.396 e. The molecule has 2 N–H and O–H groups in total. The van der Waals surface area contributed by atoms with Crippen molar-refractivity contribution in [3.63, 3.8) is 0 Å². The lowest BCUT2D eigenvalue weighted by Crippen LogP contribution is -2.27. The topological polar surface area (TPSA) is 58.6 Å². The maximum atomic E-state index is 11.7. The lowest BCUT2D eigenvalue weighted by molar-refractivity contribution is -0.125. The molecule has 0 aliphatic rings. The van der Waals surface area contributed by atoms with Crippen LogP contribution in [0.2, 0.25) is 0 Å². The summed E-state index contributed by atoms with van der Waals surface area (Å²) in [5, 5.41) is 11.6. The molecule has 0 fully saturated rings. The fourth-order valence-electron chi connectivity index (χ4n) is 1.57. The van der Waals surface area contributed by atoms with Gasteiger partial charge in [-0.2, -0.15) is 0 Å². The zero-order chi connectivity index (χ0) is 14.3. The Bertz CT molecular complexity index is 410. The van der Waals surface area contributed by atoms with Crippen molar-refractivity contribution in [1.29, 1.82) is 0 Å². The number of carbonyl (C=O) groups is 1. The summed E-state index contributed by atoms with van der Waals surface area (Å²) in [4.78, 5) is 11.7. The van der Waals surface area contributed by atoms with Gasteiger partial charge in [-0.3, -0.25) is 4.79 Å².